The highest BCUT2D eigenvalue weighted by molar-refractivity contribution is 5.95. The summed E-state index contributed by atoms with van der Waals surface area (Å²) in [5.74, 6) is 5.59. The fourth-order valence-corrected chi connectivity index (χ4v) is 1.83. The predicted octanol–water partition coefficient (Wildman–Crippen LogP) is 1.04. The first kappa shape index (κ1) is 15.2. The highest BCUT2D eigenvalue weighted by Crippen LogP contribution is 2.28. The van der Waals surface area contributed by atoms with Crippen molar-refractivity contribution in [3.63, 3.8) is 0 Å². The van der Waals surface area contributed by atoms with E-state index in [0.29, 0.717) is 24.6 Å². The molecular formula is C13H18N4O4. The molecule has 1 aliphatic carbocycles. The Morgan fingerprint density at radius 2 is 2.24 bits per heavy atom. The monoisotopic (exact) mass is 294 g/mol. The van der Waals surface area contributed by atoms with E-state index in [0.717, 1.165) is 6.61 Å². The Hall–Kier alpha value is -2.19. The van der Waals surface area contributed by atoms with E-state index in [1.165, 1.54) is 31.0 Å². The minimum atomic E-state index is -0.567. The maximum atomic E-state index is 11.9. The summed E-state index contributed by atoms with van der Waals surface area (Å²) in [5.41, 5.74) is 2.44. The normalized spacial score (nSPS) is 13.8. The number of carbonyl (C=O) groups is 1. The van der Waals surface area contributed by atoms with E-state index in [4.69, 9.17) is 10.6 Å². The summed E-state index contributed by atoms with van der Waals surface area (Å²) in [7, 11) is 0. The molecule has 0 atom stereocenters. The highest BCUT2D eigenvalue weighted by Gasteiger charge is 2.21. The number of hydrogen-bond acceptors (Lipinski definition) is 6. The first-order valence-electron chi connectivity index (χ1n) is 6.73. The number of hydrogen-bond donors (Lipinski definition) is 3. The number of rotatable bonds is 8. The van der Waals surface area contributed by atoms with Crippen LogP contribution in [0.5, 0.6) is 0 Å². The molecule has 0 heterocycles. The van der Waals surface area contributed by atoms with Gasteiger partial charge in [-0.1, -0.05) is 0 Å². The summed E-state index contributed by atoms with van der Waals surface area (Å²) in [5, 5.41) is 13.4. The van der Waals surface area contributed by atoms with Crippen LogP contribution in [0.1, 0.15) is 23.2 Å². The SMILES string of the molecule is NNc1cc(C(=O)NCCOCC2CC2)ccc1[N+](=O)[O-]. The molecule has 0 bridgehead atoms. The van der Waals surface area contributed by atoms with Gasteiger partial charge in [-0.3, -0.25) is 20.8 Å². The third-order valence-corrected chi connectivity index (χ3v) is 3.19. The third-order valence-electron chi connectivity index (χ3n) is 3.19. The number of nitrogens with two attached hydrogens (primary N) is 1. The maximum Gasteiger partial charge on any atom is 0.293 e. The van der Waals surface area contributed by atoms with Crippen LogP contribution >= 0.6 is 0 Å². The summed E-state index contributed by atoms with van der Waals surface area (Å²) in [4.78, 5) is 22.1. The Bertz CT molecular complexity index is 531. The first-order valence-corrected chi connectivity index (χ1v) is 6.73. The number of nitro groups is 1. The molecule has 2 rings (SSSR count). The van der Waals surface area contributed by atoms with E-state index < -0.39 is 4.92 Å². The van der Waals surface area contributed by atoms with Crippen LogP contribution in [-0.2, 0) is 4.74 Å². The smallest absolute Gasteiger partial charge is 0.293 e. The van der Waals surface area contributed by atoms with Crippen LogP contribution in [0.15, 0.2) is 18.2 Å². The largest absolute Gasteiger partial charge is 0.379 e. The van der Waals surface area contributed by atoms with Crippen LogP contribution in [0.3, 0.4) is 0 Å². The van der Waals surface area contributed by atoms with Gasteiger partial charge < -0.3 is 15.5 Å². The topological polar surface area (TPSA) is 120 Å². The highest BCUT2D eigenvalue weighted by atomic mass is 16.6. The van der Waals surface area contributed by atoms with Crippen molar-refractivity contribution in [2.45, 2.75) is 12.8 Å². The number of nitrogens with zero attached hydrogens (tertiary/aromatic N) is 1. The lowest BCUT2D eigenvalue weighted by Crippen LogP contribution is -2.27. The van der Waals surface area contributed by atoms with Gasteiger partial charge in [0.1, 0.15) is 5.69 Å². The summed E-state index contributed by atoms with van der Waals surface area (Å²) >= 11 is 0. The second-order valence-corrected chi connectivity index (χ2v) is 4.91. The number of nitrogens with one attached hydrogen (secondary N) is 2. The predicted molar refractivity (Wildman–Crippen MR) is 76.8 cm³/mol. The van der Waals surface area contributed by atoms with Crippen molar-refractivity contribution in [3.8, 4) is 0 Å². The average molecular weight is 294 g/mol. The number of nitro benzene ring substituents is 1. The lowest BCUT2D eigenvalue weighted by atomic mass is 10.1. The van der Waals surface area contributed by atoms with Crippen LogP contribution in [0.25, 0.3) is 0 Å². The van der Waals surface area contributed by atoms with Crippen LogP contribution in [-0.4, -0.2) is 30.6 Å². The Kier molecular flexibility index (Phi) is 5.07. The molecule has 1 fully saturated rings. The molecule has 0 aromatic heterocycles. The lowest BCUT2D eigenvalue weighted by molar-refractivity contribution is -0.384. The van der Waals surface area contributed by atoms with Gasteiger partial charge in [0.15, 0.2) is 0 Å². The van der Waals surface area contributed by atoms with Crippen molar-refractivity contribution in [1.82, 2.24) is 5.32 Å². The van der Waals surface area contributed by atoms with Gasteiger partial charge in [0.25, 0.3) is 11.6 Å². The number of anilines is 1. The van der Waals surface area contributed by atoms with Gasteiger partial charge >= 0.3 is 0 Å². The number of ether oxygens (including phenoxy) is 1. The van der Waals surface area contributed by atoms with Crippen molar-refractivity contribution in [2.24, 2.45) is 11.8 Å². The minimum Gasteiger partial charge on any atom is -0.379 e. The zero-order valence-electron chi connectivity index (χ0n) is 11.5. The molecule has 21 heavy (non-hydrogen) atoms. The fraction of sp³-hybridized carbons (Fsp3) is 0.462. The number of amides is 1. The Balaban J connectivity index is 1.84. The van der Waals surface area contributed by atoms with Crippen LogP contribution in [0, 0.1) is 16.0 Å². The van der Waals surface area contributed by atoms with E-state index in [2.05, 4.69) is 10.7 Å². The average Bonchev–Trinajstić information content (AvgIpc) is 3.30. The second-order valence-electron chi connectivity index (χ2n) is 4.91. The summed E-state index contributed by atoms with van der Waals surface area (Å²) in [6.07, 6.45) is 2.45. The van der Waals surface area contributed by atoms with Crippen LogP contribution < -0.4 is 16.6 Å². The molecule has 1 aromatic rings. The molecule has 0 unspecified atom stereocenters. The van der Waals surface area contributed by atoms with Gasteiger partial charge in [-0.15, -0.1) is 0 Å². The third kappa shape index (κ3) is 4.40. The molecule has 0 saturated heterocycles. The van der Waals surface area contributed by atoms with Crippen molar-refractivity contribution in [1.29, 1.82) is 0 Å². The van der Waals surface area contributed by atoms with Crippen LogP contribution in [0.2, 0.25) is 0 Å². The van der Waals surface area contributed by atoms with E-state index >= 15 is 0 Å². The van der Waals surface area contributed by atoms with E-state index in [1.807, 2.05) is 0 Å². The van der Waals surface area contributed by atoms with E-state index in [-0.39, 0.29) is 17.3 Å². The number of carbonyl (C=O) groups excluding carboxylic acids is 1. The lowest BCUT2D eigenvalue weighted by Gasteiger charge is -2.08. The van der Waals surface area contributed by atoms with Crippen LogP contribution in [0.4, 0.5) is 11.4 Å². The molecular weight excluding hydrogens is 276 g/mol. The van der Waals surface area contributed by atoms with Gasteiger partial charge in [0.2, 0.25) is 0 Å². The second kappa shape index (κ2) is 7.00. The van der Waals surface area contributed by atoms with Gasteiger partial charge in [0, 0.05) is 24.8 Å². The van der Waals surface area contributed by atoms with Gasteiger partial charge in [0.05, 0.1) is 11.5 Å². The molecule has 1 aliphatic rings. The molecule has 1 saturated carbocycles. The molecule has 114 valence electrons. The summed E-state index contributed by atoms with van der Waals surface area (Å²) in [6.45, 7) is 1.60. The van der Waals surface area contributed by atoms with Crippen molar-refractivity contribution >= 4 is 17.3 Å². The molecule has 4 N–H and O–H groups in total. The fourth-order valence-electron chi connectivity index (χ4n) is 1.83. The standard InChI is InChI=1S/C13H18N4O4/c14-16-11-7-10(3-4-12(11)17(19)20)13(18)15-5-6-21-8-9-1-2-9/h3-4,7,9,16H,1-2,5-6,8,14H2,(H,15,18). The van der Waals surface area contributed by atoms with Crippen molar-refractivity contribution in [3.05, 3.63) is 33.9 Å². The Morgan fingerprint density at radius 1 is 1.48 bits per heavy atom. The quantitative estimate of drug-likeness (QED) is 0.285. The maximum absolute atomic E-state index is 11.9. The van der Waals surface area contributed by atoms with Gasteiger partial charge in [-0.05, 0) is 30.9 Å². The van der Waals surface area contributed by atoms with Crippen molar-refractivity contribution < 1.29 is 14.5 Å². The Morgan fingerprint density at radius 3 is 2.86 bits per heavy atom. The molecule has 8 nitrogen and oxygen atoms in total. The number of nitrogen functional groups attached to an aromatic ring is 1. The molecule has 1 aromatic carbocycles. The summed E-state index contributed by atoms with van der Waals surface area (Å²) < 4.78 is 5.40. The molecule has 1 amide bonds. The van der Waals surface area contributed by atoms with Gasteiger partial charge in [-0.25, -0.2) is 0 Å². The zero-order valence-corrected chi connectivity index (χ0v) is 11.5. The number of benzene rings is 1. The number of hydrazine groups is 1. The zero-order chi connectivity index (χ0) is 15.2. The van der Waals surface area contributed by atoms with E-state index in [1.54, 1.807) is 0 Å². The van der Waals surface area contributed by atoms with Gasteiger partial charge in [-0.2, -0.15) is 0 Å². The van der Waals surface area contributed by atoms with Crippen molar-refractivity contribution in [2.75, 3.05) is 25.2 Å². The summed E-state index contributed by atoms with van der Waals surface area (Å²) in [6, 6.07) is 3.98. The molecule has 0 spiro atoms. The Labute approximate surface area is 121 Å². The molecule has 0 radical (unpaired) electrons. The molecule has 0 aliphatic heterocycles. The first-order chi connectivity index (χ1) is 10.1. The van der Waals surface area contributed by atoms with E-state index in [9.17, 15) is 14.9 Å². The minimum absolute atomic E-state index is 0.0950. The molecule has 8 heteroatoms.